The van der Waals surface area contributed by atoms with Crippen LogP contribution in [0.2, 0.25) is 0 Å². The lowest BCUT2D eigenvalue weighted by atomic mass is 10.1. The third-order valence-corrected chi connectivity index (χ3v) is 6.68. The van der Waals surface area contributed by atoms with E-state index in [1.165, 1.54) is 6.07 Å². The van der Waals surface area contributed by atoms with Gasteiger partial charge in [-0.1, -0.05) is 0 Å². The van der Waals surface area contributed by atoms with Gasteiger partial charge in [-0.25, -0.2) is 23.7 Å². The van der Waals surface area contributed by atoms with Crippen LogP contribution in [0.5, 0.6) is 5.75 Å². The molecule has 5 rings (SSSR count). The van der Waals surface area contributed by atoms with Gasteiger partial charge in [0.2, 0.25) is 5.95 Å². The fourth-order valence-electron chi connectivity index (χ4n) is 4.72. The first-order valence-electron chi connectivity index (χ1n) is 12.2. The predicted octanol–water partition coefficient (Wildman–Crippen LogP) is 5.20. The highest BCUT2D eigenvalue weighted by molar-refractivity contribution is 5.85. The van der Waals surface area contributed by atoms with Crippen LogP contribution in [0.1, 0.15) is 26.7 Å². The summed E-state index contributed by atoms with van der Waals surface area (Å²) in [6, 6.07) is 6.91. The number of pyridine rings is 1. The normalized spacial score (nSPS) is 15.7. The average Bonchev–Trinajstić information content (AvgIpc) is 2.90. The zero-order valence-electron chi connectivity index (χ0n) is 21.1. The van der Waals surface area contributed by atoms with E-state index >= 15 is 0 Å². The molecule has 0 bridgehead atoms. The zero-order chi connectivity index (χ0) is 25.2. The van der Waals surface area contributed by atoms with Gasteiger partial charge in [0.1, 0.15) is 18.1 Å². The van der Waals surface area contributed by atoms with Gasteiger partial charge in [-0.05, 0) is 51.0 Å². The Morgan fingerprint density at radius 3 is 2.51 bits per heavy atom. The Morgan fingerprint density at radius 1 is 1.05 bits per heavy atom. The zero-order valence-corrected chi connectivity index (χ0v) is 21.9. The standard InChI is InChI=1S/C26H30F2N6O2.ClH/c1-16(2)34-10-11-36-25-20(27)12-17(13-22(25)34)24-21(28)15-30-26(32-24)31-23-5-4-18(14-29-23)33-8-6-19(35-3)7-9-33;/h4-5,12-16,19H,6-11H2,1-3H3,(H,29,30,31,32);1H. The lowest BCUT2D eigenvalue weighted by Crippen LogP contribution is -2.38. The van der Waals surface area contributed by atoms with Gasteiger partial charge in [0.05, 0.1) is 36.4 Å². The van der Waals surface area contributed by atoms with Crippen molar-refractivity contribution in [2.45, 2.75) is 38.8 Å². The Labute approximate surface area is 221 Å². The Kier molecular flexibility index (Phi) is 8.29. The monoisotopic (exact) mass is 532 g/mol. The van der Waals surface area contributed by atoms with Crippen molar-refractivity contribution in [3.8, 4) is 17.0 Å². The van der Waals surface area contributed by atoms with E-state index in [-0.39, 0.29) is 35.8 Å². The van der Waals surface area contributed by atoms with Crippen LogP contribution in [0.3, 0.4) is 0 Å². The topological polar surface area (TPSA) is 75.6 Å². The molecule has 1 fully saturated rings. The summed E-state index contributed by atoms with van der Waals surface area (Å²) >= 11 is 0. The number of methoxy groups -OCH3 is 1. The van der Waals surface area contributed by atoms with Crippen LogP contribution >= 0.6 is 12.4 Å². The number of ether oxygens (including phenoxy) is 2. The largest absolute Gasteiger partial charge is 0.486 e. The molecule has 198 valence electrons. The lowest BCUT2D eigenvalue weighted by Gasteiger charge is -2.34. The Hall–Kier alpha value is -3.24. The molecule has 2 aliphatic rings. The van der Waals surface area contributed by atoms with Crippen molar-refractivity contribution in [2.24, 2.45) is 0 Å². The summed E-state index contributed by atoms with van der Waals surface area (Å²) in [5.74, 6) is -0.313. The SMILES string of the molecule is COC1CCN(c2ccc(Nc3ncc(F)c(-c4cc(F)c5c(c4)N(C(C)C)CCO5)n3)nc2)CC1.Cl. The van der Waals surface area contributed by atoms with Gasteiger partial charge in [-0.2, -0.15) is 0 Å². The maximum absolute atomic E-state index is 14.9. The molecule has 0 aliphatic carbocycles. The Morgan fingerprint density at radius 2 is 1.84 bits per heavy atom. The highest BCUT2D eigenvalue weighted by Gasteiger charge is 2.26. The molecule has 0 amide bonds. The van der Waals surface area contributed by atoms with E-state index in [1.54, 1.807) is 19.4 Å². The van der Waals surface area contributed by atoms with Gasteiger partial charge in [-0.15, -0.1) is 12.4 Å². The molecular formula is C26H31ClF2N6O2. The first-order chi connectivity index (χ1) is 17.4. The van der Waals surface area contributed by atoms with Crippen molar-refractivity contribution in [1.82, 2.24) is 15.0 Å². The smallest absolute Gasteiger partial charge is 0.229 e. The molecule has 4 heterocycles. The van der Waals surface area contributed by atoms with Gasteiger partial charge in [-0.3, -0.25) is 0 Å². The van der Waals surface area contributed by atoms with Crippen molar-refractivity contribution >= 4 is 35.5 Å². The van der Waals surface area contributed by atoms with Crippen molar-refractivity contribution in [3.63, 3.8) is 0 Å². The van der Waals surface area contributed by atoms with Gasteiger partial charge in [0.25, 0.3) is 0 Å². The summed E-state index contributed by atoms with van der Waals surface area (Å²) in [6.45, 7) is 6.88. The van der Waals surface area contributed by atoms with Crippen molar-refractivity contribution in [3.05, 3.63) is 48.3 Å². The number of hydrogen-bond acceptors (Lipinski definition) is 8. The molecule has 0 saturated carbocycles. The van der Waals surface area contributed by atoms with Crippen LogP contribution < -0.4 is 19.9 Å². The third-order valence-electron chi connectivity index (χ3n) is 6.68. The molecule has 1 saturated heterocycles. The third kappa shape index (κ3) is 5.70. The minimum Gasteiger partial charge on any atom is -0.486 e. The fourth-order valence-corrected chi connectivity index (χ4v) is 4.72. The highest BCUT2D eigenvalue weighted by Crippen LogP contribution is 2.39. The maximum atomic E-state index is 14.9. The fraction of sp³-hybridized carbons (Fsp3) is 0.423. The number of piperidine rings is 1. The van der Waals surface area contributed by atoms with Gasteiger partial charge < -0.3 is 24.6 Å². The Bertz CT molecular complexity index is 1220. The second-order valence-corrected chi connectivity index (χ2v) is 9.28. The molecule has 1 N–H and O–H groups in total. The van der Waals surface area contributed by atoms with Crippen LogP contribution in [-0.4, -0.2) is 60.4 Å². The van der Waals surface area contributed by atoms with Gasteiger partial charge in [0.15, 0.2) is 17.4 Å². The van der Waals surface area contributed by atoms with Gasteiger partial charge >= 0.3 is 0 Å². The van der Waals surface area contributed by atoms with E-state index in [4.69, 9.17) is 9.47 Å². The molecule has 2 aromatic heterocycles. The number of anilines is 4. The van der Waals surface area contributed by atoms with E-state index in [9.17, 15) is 8.78 Å². The summed E-state index contributed by atoms with van der Waals surface area (Å²) in [5, 5.41) is 3.02. The molecule has 0 radical (unpaired) electrons. The maximum Gasteiger partial charge on any atom is 0.229 e. The first-order valence-corrected chi connectivity index (χ1v) is 12.2. The van der Waals surface area contributed by atoms with Crippen molar-refractivity contribution in [2.75, 3.05) is 48.5 Å². The molecule has 0 atom stereocenters. The second-order valence-electron chi connectivity index (χ2n) is 9.28. The van der Waals surface area contributed by atoms with E-state index < -0.39 is 11.6 Å². The highest BCUT2D eigenvalue weighted by atomic mass is 35.5. The molecule has 0 spiro atoms. The van der Waals surface area contributed by atoms with Crippen molar-refractivity contribution < 1.29 is 18.3 Å². The van der Waals surface area contributed by atoms with Gasteiger partial charge in [0, 0.05) is 31.8 Å². The summed E-state index contributed by atoms with van der Waals surface area (Å²) < 4.78 is 40.7. The molecule has 1 aromatic carbocycles. The number of rotatable bonds is 6. The van der Waals surface area contributed by atoms with Crippen LogP contribution in [0.15, 0.2) is 36.7 Å². The molecule has 2 aliphatic heterocycles. The first kappa shape index (κ1) is 26.8. The number of hydrogen-bond donors (Lipinski definition) is 1. The lowest BCUT2D eigenvalue weighted by molar-refractivity contribution is 0.0819. The van der Waals surface area contributed by atoms with Crippen molar-refractivity contribution in [1.29, 1.82) is 0 Å². The number of fused-ring (bicyclic) bond motifs is 1. The second kappa shape index (κ2) is 11.4. The number of benzene rings is 1. The van der Waals surface area contributed by atoms with E-state index in [1.807, 2.05) is 30.9 Å². The number of nitrogens with one attached hydrogen (secondary N) is 1. The minimum absolute atomic E-state index is 0. The molecule has 3 aromatic rings. The van der Waals surface area contributed by atoms with E-state index in [0.717, 1.165) is 37.8 Å². The van der Waals surface area contributed by atoms with E-state index in [0.29, 0.717) is 36.3 Å². The number of aromatic nitrogens is 3. The molecule has 37 heavy (non-hydrogen) atoms. The van der Waals surface area contributed by atoms with Crippen LogP contribution in [0.4, 0.5) is 31.9 Å². The molecule has 0 unspecified atom stereocenters. The number of nitrogens with zero attached hydrogens (tertiary/aromatic N) is 5. The van der Waals surface area contributed by atoms with E-state index in [2.05, 4.69) is 25.2 Å². The quantitative estimate of drug-likeness (QED) is 0.464. The Balaban J connectivity index is 0.00000320. The molecule has 11 heteroatoms. The molecular weight excluding hydrogens is 502 g/mol. The average molecular weight is 533 g/mol. The summed E-state index contributed by atoms with van der Waals surface area (Å²) in [7, 11) is 1.75. The predicted molar refractivity (Wildman–Crippen MR) is 142 cm³/mol. The van der Waals surface area contributed by atoms with Crippen LogP contribution in [0, 0.1) is 11.6 Å². The minimum atomic E-state index is -0.643. The summed E-state index contributed by atoms with van der Waals surface area (Å²) in [5.41, 5.74) is 1.93. The number of halogens is 3. The summed E-state index contributed by atoms with van der Waals surface area (Å²) in [6.07, 6.45) is 5.14. The van der Waals surface area contributed by atoms with Crippen LogP contribution in [-0.2, 0) is 4.74 Å². The summed E-state index contributed by atoms with van der Waals surface area (Å²) in [4.78, 5) is 17.2. The molecule has 8 nitrogen and oxygen atoms in total. The van der Waals surface area contributed by atoms with Crippen LogP contribution in [0.25, 0.3) is 11.3 Å².